The van der Waals surface area contributed by atoms with Crippen molar-refractivity contribution >= 4 is 11.7 Å². The summed E-state index contributed by atoms with van der Waals surface area (Å²) in [5.41, 5.74) is 3.53. The highest BCUT2D eigenvalue weighted by Gasteiger charge is 2.45. The molecule has 146 valence electrons. The Morgan fingerprint density at radius 3 is 2.75 bits per heavy atom. The topological polar surface area (TPSA) is 50.8 Å². The molecular weight excluding hydrogens is 352 g/mol. The number of rotatable bonds is 2. The van der Waals surface area contributed by atoms with Crippen LogP contribution in [-0.2, 0) is 10.2 Å². The van der Waals surface area contributed by atoms with Crippen LogP contribution in [0, 0.1) is 0 Å². The summed E-state index contributed by atoms with van der Waals surface area (Å²) in [6, 6.07) is 16.4. The molecule has 3 aliphatic rings. The summed E-state index contributed by atoms with van der Waals surface area (Å²) in [7, 11) is 0. The van der Waals surface area contributed by atoms with Gasteiger partial charge in [0.15, 0.2) is 0 Å². The van der Waals surface area contributed by atoms with E-state index in [-0.39, 0.29) is 23.4 Å². The third-order valence-corrected chi connectivity index (χ3v) is 6.61. The molecule has 3 aliphatic heterocycles. The van der Waals surface area contributed by atoms with Crippen LogP contribution in [0.1, 0.15) is 36.8 Å². The smallest absolute Gasteiger partial charge is 0.322 e. The van der Waals surface area contributed by atoms with Crippen LogP contribution in [0.2, 0.25) is 0 Å². The number of ether oxygens (including phenoxy) is 2. The largest absolute Gasteiger partial charge is 0.493 e. The molecule has 0 aromatic heterocycles. The number of carbonyl (C=O) groups is 1. The van der Waals surface area contributed by atoms with E-state index in [0.717, 1.165) is 44.0 Å². The van der Waals surface area contributed by atoms with Gasteiger partial charge in [-0.3, -0.25) is 4.90 Å². The van der Waals surface area contributed by atoms with Gasteiger partial charge in [-0.05, 0) is 37.5 Å². The molecule has 0 radical (unpaired) electrons. The fourth-order valence-electron chi connectivity index (χ4n) is 4.98. The summed E-state index contributed by atoms with van der Waals surface area (Å²) >= 11 is 0. The number of para-hydroxylation sites is 2. The van der Waals surface area contributed by atoms with Crippen molar-refractivity contribution in [2.24, 2.45) is 0 Å². The molecule has 5 heteroatoms. The second kappa shape index (κ2) is 6.82. The number of carbonyl (C=O) groups excluding carboxylic acids is 1. The molecule has 1 N–H and O–H groups in total. The maximum absolute atomic E-state index is 13.3. The first-order valence-corrected chi connectivity index (χ1v) is 10.1. The molecular formula is C23H26N2O3. The van der Waals surface area contributed by atoms with E-state index in [0.29, 0.717) is 6.61 Å². The first kappa shape index (κ1) is 17.6. The van der Waals surface area contributed by atoms with Gasteiger partial charge in [-0.2, -0.15) is 0 Å². The number of benzene rings is 2. The molecule has 2 aromatic carbocycles. The van der Waals surface area contributed by atoms with E-state index in [1.54, 1.807) is 0 Å². The Kier molecular flexibility index (Phi) is 4.27. The fraction of sp³-hybridized carbons (Fsp3) is 0.435. The van der Waals surface area contributed by atoms with Gasteiger partial charge in [-0.15, -0.1) is 0 Å². The maximum atomic E-state index is 13.3. The standard InChI is InChI=1S/C23H26N2O3/c1-16(18-14-28-21-9-5-2-6-17(18)21)24-22(26)25-15-23(10-12-27-13-11-23)19-7-3-4-8-20(19)25/h2-9,16,18H,10-15H2,1H3,(H,24,26). The van der Waals surface area contributed by atoms with Crippen molar-refractivity contribution in [3.05, 3.63) is 59.7 Å². The molecule has 1 fully saturated rings. The molecule has 3 heterocycles. The van der Waals surface area contributed by atoms with E-state index in [9.17, 15) is 4.79 Å². The Labute approximate surface area is 165 Å². The molecule has 0 bridgehead atoms. The molecule has 5 rings (SSSR count). The monoisotopic (exact) mass is 378 g/mol. The van der Waals surface area contributed by atoms with Gasteiger partial charge >= 0.3 is 6.03 Å². The van der Waals surface area contributed by atoms with Crippen LogP contribution in [-0.4, -0.2) is 38.4 Å². The minimum absolute atomic E-state index is 0.00504. The maximum Gasteiger partial charge on any atom is 0.322 e. The minimum atomic E-state index is -0.0207. The van der Waals surface area contributed by atoms with Gasteiger partial charge in [0.25, 0.3) is 0 Å². The van der Waals surface area contributed by atoms with E-state index < -0.39 is 0 Å². The number of urea groups is 1. The Balaban J connectivity index is 1.36. The fourth-order valence-corrected chi connectivity index (χ4v) is 4.98. The number of amides is 2. The summed E-state index contributed by atoms with van der Waals surface area (Å²) in [6.45, 7) is 4.93. The molecule has 0 aliphatic carbocycles. The molecule has 1 saturated heterocycles. The number of hydrogen-bond acceptors (Lipinski definition) is 3. The second-order valence-electron chi connectivity index (χ2n) is 8.19. The first-order chi connectivity index (χ1) is 13.7. The van der Waals surface area contributed by atoms with E-state index in [4.69, 9.17) is 9.47 Å². The van der Waals surface area contributed by atoms with Gasteiger partial charge in [0.2, 0.25) is 0 Å². The van der Waals surface area contributed by atoms with Crippen LogP contribution in [0.4, 0.5) is 10.5 Å². The first-order valence-electron chi connectivity index (χ1n) is 10.1. The molecule has 2 amide bonds. The zero-order chi connectivity index (χ0) is 19.1. The highest BCUT2D eigenvalue weighted by molar-refractivity contribution is 5.95. The Morgan fingerprint density at radius 2 is 1.89 bits per heavy atom. The van der Waals surface area contributed by atoms with Gasteiger partial charge in [0, 0.05) is 48.4 Å². The lowest BCUT2D eigenvalue weighted by Gasteiger charge is -2.34. The highest BCUT2D eigenvalue weighted by Crippen LogP contribution is 2.46. The van der Waals surface area contributed by atoms with E-state index in [1.165, 1.54) is 11.1 Å². The van der Waals surface area contributed by atoms with Crippen molar-refractivity contribution in [2.75, 3.05) is 31.3 Å². The van der Waals surface area contributed by atoms with Crippen molar-refractivity contribution in [1.82, 2.24) is 5.32 Å². The summed E-state index contributed by atoms with van der Waals surface area (Å²) < 4.78 is 11.4. The molecule has 0 saturated carbocycles. The number of nitrogens with zero attached hydrogens (tertiary/aromatic N) is 1. The van der Waals surface area contributed by atoms with E-state index in [2.05, 4.69) is 36.5 Å². The van der Waals surface area contributed by atoms with Crippen LogP contribution < -0.4 is 15.0 Å². The second-order valence-corrected chi connectivity index (χ2v) is 8.19. The SMILES string of the molecule is CC(NC(=O)N1CC2(CCOCC2)c2ccccc21)C1COc2ccccc21. The quantitative estimate of drug-likeness (QED) is 0.864. The van der Waals surface area contributed by atoms with Gasteiger partial charge < -0.3 is 14.8 Å². The molecule has 2 aromatic rings. The minimum Gasteiger partial charge on any atom is -0.493 e. The molecule has 2 atom stereocenters. The van der Waals surface area contributed by atoms with E-state index >= 15 is 0 Å². The van der Waals surface area contributed by atoms with Gasteiger partial charge in [0.05, 0.1) is 6.61 Å². The number of nitrogens with one attached hydrogen (secondary N) is 1. The van der Waals surface area contributed by atoms with Crippen molar-refractivity contribution < 1.29 is 14.3 Å². The zero-order valence-corrected chi connectivity index (χ0v) is 16.2. The Bertz CT molecular complexity index is 891. The molecule has 1 spiro atoms. The lowest BCUT2D eigenvalue weighted by molar-refractivity contribution is 0.0556. The highest BCUT2D eigenvalue weighted by atomic mass is 16.5. The normalized spacial score (nSPS) is 23.0. The van der Waals surface area contributed by atoms with Crippen molar-refractivity contribution in [3.63, 3.8) is 0 Å². The average molecular weight is 378 g/mol. The Hall–Kier alpha value is -2.53. The summed E-state index contributed by atoms with van der Waals surface area (Å²) in [6.07, 6.45) is 1.93. The van der Waals surface area contributed by atoms with Gasteiger partial charge in [0.1, 0.15) is 5.75 Å². The van der Waals surface area contributed by atoms with Crippen LogP contribution >= 0.6 is 0 Å². The molecule has 28 heavy (non-hydrogen) atoms. The average Bonchev–Trinajstić information content (AvgIpc) is 3.29. The summed E-state index contributed by atoms with van der Waals surface area (Å²) in [5, 5.41) is 3.24. The number of fused-ring (bicyclic) bond motifs is 3. The third-order valence-electron chi connectivity index (χ3n) is 6.61. The van der Waals surface area contributed by atoms with Gasteiger partial charge in [-0.1, -0.05) is 36.4 Å². The van der Waals surface area contributed by atoms with Crippen LogP contribution in [0.3, 0.4) is 0 Å². The van der Waals surface area contributed by atoms with Gasteiger partial charge in [-0.25, -0.2) is 4.79 Å². The van der Waals surface area contributed by atoms with Crippen molar-refractivity contribution in [2.45, 2.75) is 37.1 Å². The van der Waals surface area contributed by atoms with Crippen molar-refractivity contribution in [1.29, 1.82) is 0 Å². The number of anilines is 1. The third kappa shape index (κ3) is 2.76. The molecule has 2 unspecified atom stereocenters. The Morgan fingerprint density at radius 1 is 1.14 bits per heavy atom. The molecule has 5 nitrogen and oxygen atoms in total. The zero-order valence-electron chi connectivity index (χ0n) is 16.2. The van der Waals surface area contributed by atoms with Crippen LogP contribution in [0.15, 0.2) is 48.5 Å². The van der Waals surface area contributed by atoms with Crippen LogP contribution in [0.25, 0.3) is 0 Å². The number of hydrogen-bond donors (Lipinski definition) is 1. The van der Waals surface area contributed by atoms with Crippen LogP contribution in [0.5, 0.6) is 5.75 Å². The van der Waals surface area contributed by atoms with E-state index in [1.807, 2.05) is 29.2 Å². The predicted octanol–water partition coefficient (Wildman–Crippen LogP) is 3.83. The summed E-state index contributed by atoms with van der Waals surface area (Å²) in [4.78, 5) is 15.2. The summed E-state index contributed by atoms with van der Waals surface area (Å²) in [5.74, 6) is 1.11. The van der Waals surface area contributed by atoms with Crippen molar-refractivity contribution in [3.8, 4) is 5.75 Å². The lowest BCUT2D eigenvalue weighted by atomic mass is 9.76. The lowest BCUT2D eigenvalue weighted by Crippen LogP contribution is -2.48. The predicted molar refractivity (Wildman–Crippen MR) is 108 cm³/mol.